The van der Waals surface area contributed by atoms with E-state index in [1.807, 2.05) is 42.3 Å². The van der Waals surface area contributed by atoms with Crippen LogP contribution in [0.25, 0.3) is 10.9 Å². The van der Waals surface area contributed by atoms with Gasteiger partial charge in [-0.2, -0.15) is 0 Å². The van der Waals surface area contributed by atoms with Crippen molar-refractivity contribution in [3.8, 4) is 0 Å². The number of likely N-dealkylation sites (tertiary alicyclic amines) is 1. The van der Waals surface area contributed by atoms with Crippen LogP contribution in [-0.4, -0.2) is 121 Å². The van der Waals surface area contributed by atoms with Crippen LogP contribution in [0, 0.1) is 0 Å². The van der Waals surface area contributed by atoms with E-state index in [1.54, 1.807) is 0 Å². The third-order valence-electron chi connectivity index (χ3n) is 8.04. The van der Waals surface area contributed by atoms with Gasteiger partial charge in [0.2, 0.25) is 0 Å². The number of hydrogen-bond donors (Lipinski definition) is 2. The molecule has 9 heteroatoms. The summed E-state index contributed by atoms with van der Waals surface area (Å²) in [6.45, 7) is 9.60. The number of morpholine rings is 1. The molecule has 2 amide bonds. The summed E-state index contributed by atoms with van der Waals surface area (Å²) in [7, 11) is 2.18. The van der Waals surface area contributed by atoms with Gasteiger partial charge in [-0.05, 0) is 63.5 Å². The van der Waals surface area contributed by atoms with Crippen LogP contribution >= 0.6 is 0 Å². The zero-order valence-corrected chi connectivity index (χ0v) is 21.0. The molecule has 1 atom stereocenters. The van der Waals surface area contributed by atoms with Crippen molar-refractivity contribution in [2.75, 3.05) is 72.6 Å². The molecular formula is C26H38N6O3. The van der Waals surface area contributed by atoms with Crippen LogP contribution in [0.5, 0.6) is 0 Å². The lowest BCUT2D eigenvalue weighted by molar-refractivity contribution is -0.151. The van der Waals surface area contributed by atoms with Gasteiger partial charge in [-0.1, -0.05) is 6.07 Å². The lowest BCUT2D eigenvalue weighted by atomic mass is 10.0. The minimum atomic E-state index is -1.12. The van der Waals surface area contributed by atoms with Crippen molar-refractivity contribution in [1.29, 1.82) is 0 Å². The topological polar surface area (TPSA) is 84.2 Å². The molecular weight excluding hydrogens is 444 g/mol. The standard InChI is InChI=1S/C26H38N6O3/c1-26(32-15-17-35-18-16-32,28-24(33)21-4-3-20-5-8-27-23(20)19-21)25(34)31-13-11-30(12-14-31)22-6-9-29(2)10-7-22/h3-5,8,19,22,27H,6-7,9-18H2,1-2H3,(H,28,33)/t26-/m0/s1. The highest BCUT2D eigenvalue weighted by Gasteiger charge is 2.45. The number of ether oxygens (including phenoxy) is 1. The van der Waals surface area contributed by atoms with Gasteiger partial charge in [-0.3, -0.25) is 19.4 Å². The highest BCUT2D eigenvalue weighted by atomic mass is 16.5. The third kappa shape index (κ3) is 5.09. The highest BCUT2D eigenvalue weighted by Crippen LogP contribution is 2.23. The van der Waals surface area contributed by atoms with E-state index in [2.05, 4.69) is 32.0 Å². The molecule has 5 rings (SSSR count). The summed E-state index contributed by atoms with van der Waals surface area (Å²) in [5.41, 5.74) is 0.322. The van der Waals surface area contributed by atoms with Crippen LogP contribution in [0.15, 0.2) is 30.5 Å². The summed E-state index contributed by atoms with van der Waals surface area (Å²) in [5, 5.41) is 4.17. The molecule has 0 radical (unpaired) electrons. The Labute approximate surface area is 207 Å². The van der Waals surface area contributed by atoms with Crippen molar-refractivity contribution < 1.29 is 14.3 Å². The van der Waals surface area contributed by atoms with Crippen molar-refractivity contribution >= 4 is 22.7 Å². The van der Waals surface area contributed by atoms with Gasteiger partial charge < -0.3 is 24.8 Å². The molecule has 3 aliphatic rings. The molecule has 0 aliphatic carbocycles. The SMILES string of the molecule is CN1CCC(N2CCN(C(=O)[C@@](C)(NC(=O)c3ccc4cc[nH]c4c3)N3CCOCC3)CC2)CC1. The van der Waals surface area contributed by atoms with Crippen LogP contribution in [0.3, 0.4) is 0 Å². The second kappa shape index (κ2) is 10.3. The molecule has 3 fully saturated rings. The van der Waals surface area contributed by atoms with E-state index < -0.39 is 5.66 Å². The second-order valence-corrected chi connectivity index (χ2v) is 10.3. The number of amides is 2. The number of nitrogens with one attached hydrogen (secondary N) is 2. The number of aromatic nitrogens is 1. The minimum Gasteiger partial charge on any atom is -0.379 e. The number of carbonyl (C=O) groups excluding carboxylic acids is 2. The largest absolute Gasteiger partial charge is 0.379 e. The Morgan fingerprint density at radius 1 is 1.00 bits per heavy atom. The summed E-state index contributed by atoms with van der Waals surface area (Å²) in [6.07, 6.45) is 4.24. The summed E-state index contributed by atoms with van der Waals surface area (Å²) >= 11 is 0. The number of fused-ring (bicyclic) bond motifs is 1. The number of carbonyl (C=O) groups is 2. The smallest absolute Gasteiger partial charge is 0.263 e. The zero-order chi connectivity index (χ0) is 24.4. The van der Waals surface area contributed by atoms with E-state index in [1.165, 1.54) is 12.8 Å². The molecule has 2 aromatic rings. The van der Waals surface area contributed by atoms with E-state index in [0.717, 1.165) is 37.1 Å². The fraction of sp³-hybridized carbons (Fsp3) is 0.615. The van der Waals surface area contributed by atoms with Gasteiger partial charge >= 0.3 is 0 Å². The lowest BCUT2D eigenvalue weighted by Gasteiger charge is -2.47. The molecule has 9 nitrogen and oxygen atoms in total. The molecule has 3 saturated heterocycles. The molecule has 2 N–H and O–H groups in total. The van der Waals surface area contributed by atoms with Gasteiger partial charge in [0.15, 0.2) is 5.66 Å². The number of nitrogens with zero attached hydrogens (tertiary/aromatic N) is 4. The van der Waals surface area contributed by atoms with Crippen LogP contribution in [-0.2, 0) is 9.53 Å². The first-order valence-electron chi connectivity index (χ1n) is 12.9. The van der Waals surface area contributed by atoms with E-state index >= 15 is 0 Å². The third-order valence-corrected chi connectivity index (χ3v) is 8.04. The maximum atomic E-state index is 14.0. The normalized spacial score (nSPS) is 23.3. The Morgan fingerprint density at radius 3 is 2.43 bits per heavy atom. The van der Waals surface area contributed by atoms with Crippen molar-refractivity contribution in [1.82, 2.24) is 29.9 Å². The van der Waals surface area contributed by atoms with E-state index in [0.29, 0.717) is 51.0 Å². The molecule has 35 heavy (non-hydrogen) atoms. The fourth-order valence-corrected chi connectivity index (χ4v) is 5.72. The highest BCUT2D eigenvalue weighted by molar-refractivity contribution is 6.01. The predicted molar refractivity (Wildman–Crippen MR) is 135 cm³/mol. The number of rotatable bonds is 5. The quantitative estimate of drug-likeness (QED) is 0.666. The van der Waals surface area contributed by atoms with Gasteiger partial charge in [-0.15, -0.1) is 0 Å². The van der Waals surface area contributed by atoms with Gasteiger partial charge in [0.1, 0.15) is 0 Å². The summed E-state index contributed by atoms with van der Waals surface area (Å²) in [4.78, 5) is 39.5. The first-order valence-corrected chi connectivity index (χ1v) is 12.9. The van der Waals surface area contributed by atoms with E-state index in [-0.39, 0.29) is 11.8 Å². The average molecular weight is 483 g/mol. The molecule has 3 aliphatic heterocycles. The molecule has 1 aromatic carbocycles. The number of benzene rings is 1. The van der Waals surface area contributed by atoms with Gasteiger partial charge in [-0.25, -0.2) is 0 Å². The molecule has 0 unspecified atom stereocenters. The number of piperazine rings is 1. The van der Waals surface area contributed by atoms with Crippen LogP contribution in [0.4, 0.5) is 0 Å². The first-order chi connectivity index (χ1) is 16.9. The van der Waals surface area contributed by atoms with Gasteiger partial charge in [0.05, 0.1) is 13.2 Å². The number of aromatic amines is 1. The number of piperidine rings is 1. The minimum absolute atomic E-state index is 0.0308. The van der Waals surface area contributed by atoms with Crippen molar-refractivity contribution in [2.24, 2.45) is 0 Å². The molecule has 0 bridgehead atoms. The summed E-state index contributed by atoms with van der Waals surface area (Å²) in [6, 6.07) is 8.17. The van der Waals surface area contributed by atoms with E-state index in [4.69, 9.17) is 4.74 Å². The maximum Gasteiger partial charge on any atom is 0.263 e. The second-order valence-electron chi connectivity index (χ2n) is 10.3. The van der Waals surface area contributed by atoms with Gasteiger partial charge in [0, 0.05) is 62.6 Å². The Bertz CT molecular complexity index is 1030. The van der Waals surface area contributed by atoms with Crippen molar-refractivity contribution in [3.05, 3.63) is 36.0 Å². The zero-order valence-electron chi connectivity index (χ0n) is 21.0. The van der Waals surface area contributed by atoms with Gasteiger partial charge in [0.25, 0.3) is 11.8 Å². The number of H-pyrrole nitrogens is 1. The Kier molecular flexibility index (Phi) is 7.11. The lowest BCUT2D eigenvalue weighted by Crippen LogP contribution is -2.70. The predicted octanol–water partition coefficient (Wildman–Crippen LogP) is 1.18. The molecule has 0 spiro atoms. The van der Waals surface area contributed by atoms with Crippen LogP contribution in [0.1, 0.15) is 30.1 Å². The Morgan fingerprint density at radius 2 is 1.71 bits per heavy atom. The molecule has 1 aromatic heterocycles. The van der Waals surface area contributed by atoms with E-state index in [9.17, 15) is 9.59 Å². The summed E-state index contributed by atoms with van der Waals surface area (Å²) in [5.74, 6) is -0.273. The van der Waals surface area contributed by atoms with Crippen molar-refractivity contribution in [3.63, 3.8) is 0 Å². The molecule has 0 saturated carbocycles. The number of hydrogen-bond acceptors (Lipinski definition) is 6. The average Bonchev–Trinajstić information content (AvgIpc) is 3.37. The molecule has 4 heterocycles. The maximum absolute atomic E-state index is 14.0. The Balaban J connectivity index is 1.29. The fourth-order valence-electron chi connectivity index (χ4n) is 5.72. The molecule has 190 valence electrons. The van der Waals surface area contributed by atoms with Crippen molar-refractivity contribution in [2.45, 2.75) is 31.5 Å². The monoisotopic (exact) mass is 482 g/mol. The first kappa shape index (κ1) is 24.2. The summed E-state index contributed by atoms with van der Waals surface area (Å²) < 4.78 is 5.54. The Hall–Kier alpha value is -2.46. The van der Waals surface area contributed by atoms with Crippen LogP contribution in [0.2, 0.25) is 0 Å². The van der Waals surface area contributed by atoms with Crippen LogP contribution < -0.4 is 5.32 Å².